The first-order valence-electron chi connectivity index (χ1n) is 62.1. The molecule has 0 aromatic heterocycles. The van der Waals surface area contributed by atoms with Gasteiger partial charge in [-0.25, -0.2) is 0 Å². The van der Waals surface area contributed by atoms with E-state index in [0.717, 1.165) is 318 Å². The van der Waals surface area contributed by atoms with Gasteiger partial charge >= 0.3 is 20.8 Å². The van der Waals surface area contributed by atoms with Crippen molar-refractivity contribution in [3.63, 3.8) is 0 Å². The predicted molar refractivity (Wildman–Crippen MR) is 670 cm³/mol. The van der Waals surface area contributed by atoms with Crippen LogP contribution < -0.4 is 25.1 Å². The Morgan fingerprint density at radius 1 is 0.208 bits per heavy atom. The van der Waals surface area contributed by atoms with E-state index in [0.29, 0.717) is 57.5 Å². The highest BCUT2D eigenvalue weighted by molar-refractivity contribution is 8.05. The first-order valence-corrected chi connectivity index (χ1v) is 74.7. The maximum atomic E-state index is 15.9. The second kappa shape index (κ2) is 108. The van der Waals surface area contributed by atoms with E-state index in [1.807, 2.05) is 12.1 Å². The molecule has 0 aliphatic rings. The molecular weight excluding hydrogens is 2110 g/mol. The summed E-state index contributed by atoms with van der Waals surface area (Å²) in [5.41, 5.74) is 0.194. The Morgan fingerprint density at radius 2 is 0.389 bits per heavy atom. The number of hydrogen-bond acceptors (Lipinski definition) is 27. The minimum Gasteiger partial charge on any atom is -0.422 e. The van der Waals surface area contributed by atoms with E-state index in [9.17, 15) is 0 Å². The summed E-state index contributed by atoms with van der Waals surface area (Å²) in [6.07, 6.45) is 92.9. The lowest BCUT2D eigenvalue weighted by molar-refractivity contribution is -0.0377. The van der Waals surface area contributed by atoms with Crippen molar-refractivity contribution < 1.29 is 65.9 Å². The molecule has 0 saturated carbocycles. The standard InChI is InChI=1S/C120H226O16S13/c1-13-25-35-43-49-53-57-59-61-63-65-67-71-75-83-91-105-143-133-119(131-141-103-89-81-73-69-55-51-45-37-27-15-3,111-95-97-113(125-137-99-85-77-41-31-19-7)117(127-139-101-87-79-47-39-29-17-5)115(111)129-148(121,122)135-145-107-109(23-11)93-33-21-9)147-120(132-142-104-90-82-74-70-56-52-46-38-28-16-4,134-144-106-92-84-76-72-68-66-64-62-60-58-54-50-44-36-26-14-2)112-96-98-114(126-138-100-86-78-42-32-20-8)118(128-140-102-88-80-48-40-30-18-6)116(112)130-149(123,124)136-146-108-110(24-12)94-34-22-10/h95-98,109-110H,13-94,99-108H2,1-12H3. The van der Waals surface area contributed by atoms with Crippen LogP contribution in [-0.4, -0.2) is 74.4 Å². The summed E-state index contributed by atoms with van der Waals surface area (Å²) in [5, 5.41) is -4.58. The van der Waals surface area contributed by atoms with Crippen LogP contribution in [0.3, 0.4) is 0 Å². The van der Waals surface area contributed by atoms with Gasteiger partial charge in [-0.1, -0.05) is 545 Å². The van der Waals surface area contributed by atoms with Crippen LogP contribution in [0.1, 0.15) is 621 Å². The fraction of sp³-hybridized carbons (Fsp3) is 0.900. The molecule has 0 fully saturated rings. The molecule has 0 aliphatic heterocycles. The average Bonchev–Trinajstić information content (AvgIpc) is 0.734. The van der Waals surface area contributed by atoms with Gasteiger partial charge in [0.25, 0.3) is 10.2 Å². The summed E-state index contributed by atoms with van der Waals surface area (Å²) < 4.78 is 149. The molecule has 0 radical (unpaired) electrons. The minimum atomic E-state index is -5.06. The summed E-state index contributed by atoms with van der Waals surface area (Å²) in [4.78, 5) is 0. The van der Waals surface area contributed by atoms with Gasteiger partial charge in [0.2, 0.25) is 23.0 Å². The lowest BCUT2D eigenvalue weighted by atomic mass is 10.0. The van der Waals surface area contributed by atoms with Crippen molar-refractivity contribution >= 4 is 153 Å². The number of benzene rings is 2. The largest absolute Gasteiger partial charge is 0.460 e. The Hall–Kier alpha value is 0.750. The van der Waals surface area contributed by atoms with Crippen molar-refractivity contribution in [1.29, 1.82) is 0 Å². The van der Waals surface area contributed by atoms with Crippen molar-refractivity contribution in [2.75, 3.05) is 57.5 Å². The van der Waals surface area contributed by atoms with E-state index in [4.69, 9.17) is 49.1 Å². The normalized spacial score (nSPS) is 13.2. The Bertz CT molecular complexity index is 3210. The van der Waals surface area contributed by atoms with E-state index in [1.165, 1.54) is 340 Å². The Morgan fingerprint density at radius 3 is 0.584 bits per heavy atom. The summed E-state index contributed by atoms with van der Waals surface area (Å²) in [6.45, 7) is 26.7. The van der Waals surface area contributed by atoms with Gasteiger partial charge in [-0.15, -0.1) is 0 Å². The van der Waals surface area contributed by atoms with E-state index >= 15 is 16.8 Å². The van der Waals surface area contributed by atoms with E-state index in [1.54, 1.807) is 12.1 Å². The Labute approximate surface area is 969 Å². The van der Waals surface area contributed by atoms with Crippen LogP contribution in [0.15, 0.2) is 24.3 Å². The van der Waals surface area contributed by atoms with Crippen LogP contribution in [0.4, 0.5) is 0 Å². The van der Waals surface area contributed by atoms with E-state index in [2.05, 4.69) is 83.1 Å². The lowest BCUT2D eigenvalue weighted by Crippen LogP contribution is -2.37. The van der Waals surface area contributed by atoms with Crippen LogP contribution in [0.25, 0.3) is 0 Å². The molecule has 0 amide bonds. The molecule has 2 rings (SSSR count). The monoisotopic (exact) mass is 2340 g/mol. The summed E-state index contributed by atoms with van der Waals surface area (Å²) in [5.74, 6) is 5.70. The fourth-order valence-corrected chi connectivity index (χ4v) is 29.1. The molecule has 4 unspecified atom stereocenters. The number of unbranched alkanes of at least 4 members (excludes halogenated alkanes) is 68. The second-order valence-electron chi connectivity index (χ2n) is 41.9. The van der Waals surface area contributed by atoms with Gasteiger partial charge in [-0.2, -0.15) is 24.1 Å². The SMILES string of the molecule is CCCCCCCCCCCCCCCCCCSOC(OSCCCCCCCCCCCC)(SC(OSCCCCCCCCCCCC)(OSCCCCCCCCCCCCCCCCCC)c1ccc(OSCCCCCCC)c(OSCCCCCCCC)c1OS(=O)(=O)OSCC(CC)CCCC)c1ccc(OSCCCCCCC)c(OSCCCCCCCC)c1OS(=O)(=O)OSCC(CC)CCCC. The van der Waals surface area contributed by atoms with Gasteiger partial charge in [-0.3, -0.25) is 16.7 Å². The average molecular weight is 2340 g/mol. The van der Waals surface area contributed by atoms with Crippen LogP contribution in [0, 0.1) is 11.8 Å². The van der Waals surface area contributed by atoms with Crippen LogP contribution >= 0.6 is 132 Å². The van der Waals surface area contributed by atoms with Gasteiger partial charge in [0.15, 0.2) is 11.5 Å². The van der Waals surface area contributed by atoms with E-state index in [-0.39, 0.29) is 57.5 Å². The Kier molecular flexibility index (Phi) is 105. The molecule has 4 atom stereocenters. The number of hydrogen-bond donors (Lipinski definition) is 0. The molecule has 149 heavy (non-hydrogen) atoms. The number of rotatable bonds is 122. The minimum absolute atomic E-state index is 0.0102. The van der Waals surface area contributed by atoms with Gasteiger partial charge < -0.3 is 25.1 Å². The zero-order valence-electron chi connectivity index (χ0n) is 97.4. The maximum Gasteiger partial charge on any atom is 0.460 e. The lowest BCUT2D eigenvalue weighted by Gasteiger charge is -2.40. The third-order valence-corrected chi connectivity index (χ3v) is 39.8. The quantitative estimate of drug-likeness (QED) is 0.0346. The van der Waals surface area contributed by atoms with E-state index < -0.39 is 31.0 Å². The maximum absolute atomic E-state index is 15.9. The summed E-state index contributed by atoms with van der Waals surface area (Å²) >= 11 is 12.9. The number of thioether (sulfide) groups is 1. The molecule has 29 heteroatoms. The first kappa shape index (κ1) is 146. The highest BCUT2D eigenvalue weighted by Crippen LogP contribution is 2.64. The highest BCUT2D eigenvalue weighted by atomic mass is 32.3. The Balaban J connectivity index is 3.72. The van der Waals surface area contributed by atoms with Crippen LogP contribution in [-0.2, 0) is 55.0 Å². The highest BCUT2D eigenvalue weighted by Gasteiger charge is 2.56. The third-order valence-electron chi connectivity index (χ3n) is 27.8. The summed E-state index contributed by atoms with van der Waals surface area (Å²) in [7, 11) is -10.1. The molecule has 16 nitrogen and oxygen atoms in total. The van der Waals surface area contributed by atoms with Crippen molar-refractivity contribution in [3.8, 4) is 34.5 Å². The van der Waals surface area contributed by atoms with Gasteiger partial charge in [0.1, 0.15) is 0 Å². The summed E-state index contributed by atoms with van der Waals surface area (Å²) in [6, 6.07) is 7.27. The third kappa shape index (κ3) is 81.1. The molecule has 0 spiro atoms. The molecule has 880 valence electrons. The molecule has 0 N–H and O–H groups in total. The van der Waals surface area contributed by atoms with Gasteiger partial charge in [0.05, 0.1) is 59.3 Å². The van der Waals surface area contributed by atoms with Crippen molar-refractivity contribution in [1.82, 2.24) is 0 Å². The van der Waals surface area contributed by atoms with Crippen molar-refractivity contribution in [3.05, 3.63) is 35.4 Å². The first-order chi connectivity index (χ1) is 73.1. The van der Waals surface area contributed by atoms with Crippen molar-refractivity contribution in [2.24, 2.45) is 11.8 Å². The predicted octanol–water partition coefficient (Wildman–Crippen LogP) is 46.1. The molecule has 2 aromatic rings. The van der Waals surface area contributed by atoms with Crippen molar-refractivity contribution in [2.45, 2.75) is 620 Å². The molecule has 0 heterocycles. The zero-order chi connectivity index (χ0) is 108. The zero-order valence-corrected chi connectivity index (χ0v) is 108. The molecule has 0 aliphatic carbocycles. The van der Waals surface area contributed by atoms with Gasteiger partial charge in [-0.05, 0) is 160 Å². The van der Waals surface area contributed by atoms with Crippen LogP contribution in [0.5, 0.6) is 34.5 Å². The molecule has 0 saturated heterocycles. The second-order valence-corrected chi connectivity index (χ2v) is 53.8. The topological polar surface area (TPSA) is 179 Å². The smallest absolute Gasteiger partial charge is 0.422 e. The van der Waals surface area contributed by atoms with Gasteiger partial charge in [0, 0.05) is 81.6 Å². The molecule has 0 bridgehead atoms. The fourth-order valence-electron chi connectivity index (χ4n) is 18.0. The van der Waals surface area contributed by atoms with Crippen LogP contribution in [0.2, 0.25) is 0 Å². The molecule has 2 aromatic carbocycles. The molecular formula is C120H226O16S13.